The summed E-state index contributed by atoms with van der Waals surface area (Å²) < 4.78 is 5.97. The number of nitrogens with zero attached hydrogens (tertiary/aromatic N) is 1. The highest BCUT2D eigenvalue weighted by molar-refractivity contribution is 7.98. The molecule has 20 heavy (non-hydrogen) atoms. The summed E-state index contributed by atoms with van der Waals surface area (Å²) in [6.07, 6.45) is 3.09. The topological polar surface area (TPSA) is 41.8 Å². The zero-order valence-electron chi connectivity index (χ0n) is 11.8. The molecule has 2 rings (SSSR count). The van der Waals surface area contributed by atoms with Gasteiger partial charge in [0, 0.05) is 10.9 Å². The zero-order chi connectivity index (χ0) is 14.4. The van der Waals surface area contributed by atoms with Gasteiger partial charge in [-0.2, -0.15) is 11.8 Å². The average Bonchev–Trinajstić information content (AvgIpc) is 2.50. The first-order valence-corrected chi connectivity index (χ1v) is 8.00. The summed E-state index contributed by atoms with van der Waals surface area (Å²) in [6, 6.07) is 12.1. The van der Waals surface area contributed by atoms with E-state index < -0.39 is 0 Å². The van der Waals surface area contributed by atoms with Crippen molar-refractivity contribution in [1.82, 2.24) is 0 Å². The van der Waals surface area contributed by atoms with Crippen LogP contribution in [0.4, 0.5) is 0 Å². The first-order valence-electron chi connectivity index (χ1n) is 6.60. The van der Waals surface area contributed by atoms with E-state index in [4.69, 9.17) is 9.94 Å². The molecular formula is C16H19NO2S. The highest BCUT2D eigenvalue weighted by Crippen LogP contribution is 2.30. The van der Waals surface area contributed by atoms with Gasteiger partial charge in [-0.05, 0) is 36.8 Å². The quantitative estimate of drug-likeness (QED) is 0.375. The Morgan fingerprint density at radius 2 is 2.05 bits per heavy atom. The van der Waals surface area contributed by atoms with Crippen LogP contribution in [0.2, 0.25) is 0 Å². The third-order valence-electron chi connectivity index (χ3n) is 3.16. The third-order valence-corrected chi connectivity index (χ3v) is 3.86. The number of rotatable bonds is 6. The Hall–Kier alpha value is -1.68. The lowest BCUT2D eigenvalue weighted by Gasteiger charge is -2.14. The van der Waals surface area contributed by atoms with Gasteiger partial charge in [-0.3, -0.25) is 0 Å². The van der Waals surface area contributed by atoms with E-state index in [1.165, 1.54) is 0 Å². The number of benzene rings is 2. The standard InChI is InChI=1S/C16H19NO2S/c1-12(17-18)14-9-8-13-6-3-4-7-15(13)16(14)19-10-5-11-20-2/h3-4,6-9,18H,5,10-11H2,1-2H3/b17-12+. The van der Waals surface area contributed by atoms with Crippen molar-refractivity contribution in [1.29, 1.82) is 0 Å². The summed E-state index contributed by atoms with van der Waals surface area (Å²) in [5, 5.41) is 14.5. The molecule has 4 heteroatoms. The number of hydrogen-bond donors (Lipinski definition) is 1. The molecule has 0 aliphatic rings. The van der Waals surface area contributed by atoms with Crippen molar-refractivity contribution in [2.45, 2.75) is 13.3 Å². The van der Waals surface area contributed by atoms with E-state index in [1.807, 2.05) is 42.1 Å². The number of ether oxygens (including phenoxy) is 1. The second kappa shape index (κ2) is 7.20. The maximum absolute atomic E-state index is 9.02. The maximum Gasteiger partial charge on any atom is 0.136 e. The molecule has 0 atom stereocenters. The van der Waals surface area contributed by atoms with Crippen LogP contribution in [0.3, 0.4) is 0 Å². The minimum atomic E-state index is 0.565. The van der Waals surface area contributed by atoms with Crippen molar-refractivity contribution in [2.75, 3.05) is 18.6 Å². The lowest BCUT2D eigenvalue weighted by atomic mass is 10.0. The van der Waals surface area contributed by atoms with Crippen LogP contribution >= 0.6 is 11.8 Å². The van der Waals surface area contributed by atoms with Crippen LogP contribution < -0.4 is 4.74 Å². The fourth-order valence-corrected chi connectivity index (χ4v) is 2.52. The van der Waals surface area contributed by atoms with E-state index in [0.29, 0.717) is 12.3 Å². The predicted molar refractivity (Wildman–Crippen MR) is 86.4 cm³/mol. The van der Waals surface area contributed by atoms with Crippen LogP contribution in [0.25, 0.3) is 10.8 Å². The summed E-state index contributed by atoms with van der Waals surface area (Å²) in [7, 11) is 0. The third kappa shape index (κ3) is 3.25. The van der Waals surface area contributed by atoms with Crippen LogP contribution in [0, 0.1) is 0 Å². The number of thioether (sulfide) groups is 1. The molecule has 0 bridgehead atoms. The van der Waals surface area contributed by atoms with Crippen molar-refractivity contribution in [3.05, 3.63) is 42.0 Å². The Kier molecular flexibility index (Phi) is 5.30. The molecule has 0 radical (unpaired) electrons. The van der Waals surface area contributed by atoms with Crippen LogP contribution in [-0.4, -0.2) is 29.5 Å². The fraction of sp³-hybridized carbons (Fsp3) is 0.312. The molecule has 0 spiro atoms. The zero-order valence-corrected chi connectivity index (χ0v) is 12.6. The molecular weight excluding hydrogens is 270 g/mol. The lowest BCUT2D eigenvalue weighted by Crippen LogP contribution is -2.05. The monoisotopic (exact) mass is 289 g/mol. The van der Waals surface area contributed by atoms with Gasteiger partial charge in [-0.25, -0.2) is 0 Å². The number of fused-ring (bicyclic) bond motifs is 1. The average molecular weight is 289 g/mol. The highest BCUT2D eigenvalue weighted by atomic mass is 32.2. The first-order chi connectivity index (χ1) is 9.77. The molecule has 3 nitrogen and oxygen atoms in total. The van der Waals surface area contributed by atoms with Crippen LogP contribution in [0.15, 0.2) is 41.6 Å². The molecule has 0 saturated heterocycles. The Bertz CT molecular complexity index is 610. The SMILES string of the molecule is CSCCCOc1c(/C(C)=N/O)ccc2ccccc12. The molecule has 0 fully saturated rings. The normalized spacial score (nSPS) is 11.8. The number of oxime groups is 1. The van der Waals surface area contributed by atoms with Crippen molar-refractivity contribution in [3.63, 3.8) is 0 Å². The van der Waals surface area contributed by atoms with Crippen molar-refractivity contribution in [3.8, 4) is 5.75 Å². The van der Waals surface area contributed by atoms with Gasteiger partial charge >= 0.3 is 0 Å². The molecule has 0 aliphatic heterocycles. The fourth-order valence-electron chi connectivity index (χ4n) is 2.11. The predicted octanol–water partition coefficient (Wildman–Crippen LogP) is 4.17. The van der Waals surface area contributed by atoms with Crippen molar-refractivity contribution in [2.24, 2.45) is 5.16 Å². The lowest BCUT2D eigenvalue weighted by molar-refractivity contribution is 0.314. The van der Waals surface area contributed by atoms with E-state index in [1.54, 1.807) is 6.92 Å². The van der Waals surface area contributed by atoms with Gasteiger partial charge < -0.3 is 9.94 Å². The minimum Gasteiger partial charge on any atom is -0.492 e. The summed E-state index contributed by atoms with van der Waals surface area (Å²) in [6.45, 7) is 2.44. The molecule has 0 heterocycles. The van der Waals surface area contributed by atoms with Gasteiger partial charge in [0.1, 0.15) is 5.75 Å². The molecule has 0 aliphatic carbocycles. The van der Waals surface area contributed by atoms with Crippen molar-refractivity contribution >= 4 is 28.2 Å². The van der Waals surface area contributed by atoms with Crippen molar-refractivity contribution < 1.29 is 9.94 Å². The van der Waals surface area contributed by atoms with Gasteiger partial charge in [0.05, 0.1) is 12.3 Å². The van der Waals surface area contributed by atoms with Gasteiger partial charge in [-0.15, -0.1) is 0 Å². The van der Waals surface area contributed by atoms with E-state index in [0.717, 1.165) is 34.3 Å². The van der Waals surface area contributed by atoms with Gasteiger partial charge in [0.15, 0.2) is 0 Å². The van der Waals surface area contributed by atoms with Crippen LogP contribution in [0.5, 0.6) is 5.75 Å². The first kappa shape index (κ1) is 14.7. The van der Waals surface area contributed by atoms with Crippen LogP contribution in [0.1, 0.15) is 18.9 Å². The van der Waals surface area contributed by atoms with E-state index in [2.05, 4.69) is 17.5 Å². The second-order valence-electron chi connectivity index (χ2n) is 4.54. The highest BCUT2D eigenvalue weighted by Gasteiger charge is 2.11. The van der Waals surface area contributed by atoms with Gasteiger partial charge in [0.2, 0.25) is 0 Å². The van der Waals surface area contributed by atoms with Gasteiger partial charge in [-0.1, -0.05) is 35.5 Å². The van der Waals surface area contributed by atoms with E-state index >= 15 is 0 Å². The second-order valence-corrected chi connectivity index (χ2v) is 5.53. The Balaban J connectivity index is 2.39. The molecule has 2 aromatic rings. The molecule has 0 amide bonds. The van der Waals surface area contributed by atoms with E-state index in [-0.39, 0.29) is 0 Å². The number of hydrogen-bond acceptors (Lipinski definition) is 4. The summed E-state index contributed by atoms with van der Waals surface area (Å²) >= 11 is 1.81. The Labute approximate surface area is 123 Å². The summed E-state index contributed by atoms with van der Waals surface area (Å²) in [5.41, 5.74) is 1.41. The molecule has 106 valence electrons. The summed E-state index contributed by atoms with van der Waals surface area (Å²) in [4.78, 5) is 0. The Morgan fingerprint density at radius 3 is 2.80 bits per heavy atom. The molecule has 1 N–H and O–H groups in total. The largest absolute Gasteiger partial charge is 0.492 e. The smallest absolute Gasteiger partial charge is 0.136 e. The molecule has 2 aromatic carbocycles. The van der Waals surface area contributed by atoms with E-state index in [9.17, 15) is 0 Å². The van der Waals surface area contributed by atoms with Gasteiger partial charge in [0.25, 0.3) is 0 Å². The Morgan fingerprint density at radius 1 is 1.25 bits per heavy atom. The summed E-state index contributed by atoms with van der Waals surface area (Å²) in [5.74, 6) is 1.88. The maximum atomic E-state index is 9.02. The molecule has 0 unspecified atom stereocenters. The minimum absolute atomic E-state index is 0.565. The molecule has 0 aromatic heterocycles. The molecule has 0 saturated carbocycles. The van der Waals surface area contributed by atoms with Crippen LogP contribution in [-0.2, 0) is 0 Å².